The summed E-state index contributed by atoms with van der Waals surface area (Å²) < 4.78 is 0. The van der Waals surface area contributed by atoms with Gasteiger partial charge in [0, 0.05) is 18.5 Å². The van der Waals surface area contributed by atoms with E-state index >= 15 is 0 Å². The number of amides is 1. The van der Waals surface area contributed by atoms with Crippen LogP contribution in [0.3, 0.4) is 0 Å². The largest absolute Gasteiger partial charge is 0.335 e. The van der Waals surface area contributed by atoms with Gasteiger partial charge in [0.15, 0.2) is 0 Å². The molecule has 0 saturated heterocycles. The third kappa shape index (κ3) is 3.05. The van der Waals surface area contributed by atoms with Crippen molar-refractivity contribution in [1.82, 2.24) is 4.90 Å². The topological polar surface area (TPSA) is 20.3 Å². The van der Waals surface area contributed by atoms with Crippen LogP contribution in [-0.4, -0.2) is 16.8 Å². The van der Waals surface area contributed by atoms with Crippen molar-refractivity contribution in [2.75, 3.05) is 0 Å². The van der Waals surface area contributed by atoms with Gasteiger partial charge in [-0.3, -0.25) is 4.79 Å². The molecule has 0 heterocycles. The van der Waals surface area contributed by atoms with Gasteiger partial charge in [0.1, 0.15) is 0 Å². The number of rotatable bonds is 5. The fourth-order valence-electron chi connectivity index (χ4n) is 3.44. The van der Waals surface area contributed by atoms with E-state index in [-0.39, 0.29) is 0 Å². The van der Waals surface area contributed by atoms with E-state index in [1.807, 2.05) is 6.07 Å². The predicted molar refractivity (Wildman–Crippen MR) is 81.1 cm³/mol. The van der Waals surface area contributed by atoms with Crippen molar-refractivity contribution in [2.24, 2.45) is 11.8 Å². The molecule has 2 aliphatic rings. The molecule has 2 saturated carbocycles. The van der Waals surface area contributed by atoms with E-state index < -0.39 is 0 Å². The second-order valence-electron chi connectivity index (χ2n) is 6.51. The summed E-state index contributed by atoms with van der Waals surface area (Å²) in [5, 5.41) is 0. The SMILES string of the molecule is CC(C1CC1)N(Cc1ccccc1)C(=O)C1CCCC1. The Morgan fingerprint density at radius 3 is 2.40 bits per heavy atom. The molecular formula is C18H25NO. The Morgan fingerprint density at radius 1 is 1.15 bits per heavy atom. The van der Waals surface area contributed by atoms with Crippen LogP contribution in [0, 0.1) is 11.8 Å². The van der Waals surface area contributed by atoms with Crippen molar-refractivity contribution in [1.29, 1.82) is 0 Å². The molecule has 1 unspecified atom stereocenters. The Balaban J connectivity index is 1.74. The molecule has 20 heavy (non-hydrogen) atoms. The molecule has 2 aliphatic carbocycles. The summed E-state index contributed by atoms with van der Waals surface area (Å²) in [5.41, 5.74) is 1.26. The van der Waals surface area contributed by atoms with Gasteiger partial charge in [-0.05, 0) is 44.1 Å². The summed E-state index contributed by atoms with van der Waals surface area (Å²) in [6.07, 6.45) is 7.25. The normalized spacial score (nSPS) is 20.9. The summed E-state index contributed by atoms with van der Waals surface area (Å²) in [6, 6.07) is 10.8. The van der Waals surface area contributed by atoms with Gasteiger partial charge in [-0.2, -0.15) is 0 Å². The summed E-state index contributed by atoms with van der Waals surface area (Å²) in [4.78, 5) is 15.0. The standard InChI is InChI=1S/C18H25NO/c1-14(16-11-12-16)19(13-15-7-3-2-4-8-15)18(20)17-9-5-6-10-17/h2-4,7-8,14,16-17H,5-6,9-13H2,1H3. The lowest BCUT2D eigenvalue weighted by atomic mass is 10.0. The van der Waals surface area contributed by atoms with E-state index in [2.05, 4.69) is 36.1 Å². The third-order valence-electron chi connectivity index (χ3n) is 4.98. The van der Waals surface area contributed by atoms with Gasteiger partial charge in [-0.1, -0.05) is 43.2 Å². The van der Waals surface area contributed by atoms with Crippen LogP contribution < -0.4 is 0 Å². The Labute approximate surface area is 122 Å². The number of hydrogen-bond acceptors (Lipinski definition) is 1. The maximum atomic E-state index is 12.8. The van der Waals surface area contributed by atoms with Crippen molar-refractivity contribution in [3.8, 4) is 0 Å². The second-order valence-corrected chi connectivity index (χ2v) is 6.51. The van der Waals surface area contributed by atoms with Crippen molar-refractivity contribution >= 4 is 5.91 Å². The van der Waals surface area contributed by atoms with Gasteiger partial charge < -0.3 is 4.90 Å². The molecule has 0 N–H and O–H groups in total. The predicted octanol–water partition coefficient (Wildman–Crippen LogP) is 4.00. The van der Waals surface area contributed by atoms with Crippen molar-refractivity contribution in [3.05, 3.63) is 35.9 Å². The fraction of sp³-hybridized carbons (Fsp3) is 0.611. The maximum Gasteiger partial charge on any atom is 0.226 e. The molecule has 1 aromatic carbocycles. The molecule has 2 fully saturated rings. The molecule has 0 aliphatic heterocycles. The second kappa shape index (κ2) is 5.99. The first-order valence-electron chi connectivity index (χ1n) is 8.10. The number of hydrogen-bond donors (Lipinski definition) is 0. The first-order valence-corrected chi connectivity index (χ1v) is 8.10. The molecule has 1 aromatic rings. The van der Waals surface area contributed by atoms with Crippen LogP contribution in [0.5, 0.6) is 0 Å². The van der Waals surface area contributed by atoms with Crippen LogP contribution in [0.2, 0.25) is 0 Å². The lowest BCUT2D eigenvalue weighted by Crippen LogP contribution is -2.42. The molecule has 1 atom stereocenters. The van der Waals surface area contributed by atoms with Crippen LogP contribution in [0.1, 0.15) is 51.0 Å². The highest BCUT2D eigenvalue weighted by Crippen LogP contribution is 2.37. The van der Waals surface area contributed by atoms with Crippen molar-refractivity contribution in [2.45, 2.75) is 58.0 Å². The molecular weight excluding hydrogens is 246 g/mol. The number of benzene rings is 1. The molecule has 2 heteroatoms. The zero-order chi connectivity index (χ0) is 13.9. The van der Waals surface area contributed by atoms with Crippen LogP contribution in [0.25, 0.3) is 0 Å². The van der Waals surface area contributed by atoms with Gasteiger partial charge in [-0.25, -0.2) is 0 Å². The average molecular weight is 271 g/mol. The first kappa shape index (κ1) is 13.7. The minimum absolute atomic E-state index is 0.292. The van der Waals surface area contributed by atoms with Gasteiger partial charge in [0.05, 0.1) is 0 Å². The maximum absolute atomic E-state index is 12.8. The average Bonchev–Trinajstić information content (AvgIpc) is 3.19. The van der Waals surface area contributed by atoms with Crippen LogP contribution in [0.4, 0.5) is 0 Å². The zero-order valence-corrected chi connectivity index (χ0v) is 12.4. The van der Waals surface area contributed by atoms with Crippen LogP contribution in [-0.2, 0) is 11.3 Å². The molecule has 108 valence electrons. The van der Waals surface area contributed by atoms with Gasteiger partial charge in [-0.15, -0.1) is 0 Å². The van der Waals surface area contributed by atoms with Crippen molar-refractivity contribution < 1.29 is 4.79 Å². The minimum Gasteiger partial charge on any atom is -0.335 e. The number of carbonyl (C=O) groups excluding carboxylic acids is 1. The lowest BCUT2D eigenvalue weighted by Gasteiger charge is -2.32. The van der Waals surface area contributed by atoms with E-state index in [1.165, 1.54) is 31.2 Å². The molecule has 0 radical (unpaired) electrons. The Hall–Kier alpha value is -1.31. The number of nitrogens with zero attached hydrogens (tertiary/aromatic N) is 1. The van der Waals surface area contributed by atoms with Gasteiger partial charge in [0.2, 0.25) is 5.91 Å². The highest BCUT2D eigenvalue weighted by molar-refractivity contribution is 5.79. The van der Waals surface area contributed by atoms with E-state index in [9.17, 15) is 4.79 Å². The first-order chi connectivity index (χ1) is 9.75. The highest BCUT2D eigenvalue weighted by atomic mass is 16.2. The molecule has 0 aromatic heterocycles. The molecule has 3 rings (SSSR count). The monoisotopic (exact) mass is 271 g/mol. The summed E-state index contributed by atoms with van der Waals surface area (Å²) >= 11 is 0. The summed E-state index contributed by atoms with van der Waals surface area (Å²) in [7, 11) is 0. The van der Waals surface area contributed by atoms with E-state index in [1.54, 1.807) is 0 Å². The summed E-state index contributed by atoms with van der Waals surface area (Å²) in [6.45, 7) is 3.03. The Morgan fingerprint density at radius 2 is 1.80 bits per heavy atom. The van der Waals surface area contributed by atoms with E-state index in [0.29, 0.717) is 17.9 Å². The third-order valence-corrected chi connectivity index (χ3v) is 4.98. The lowest BCUT2D eigenvalue weighted by molar-refractivity contribution is -0.138. The molecule has 0 spiro atoms. The molecule has 1 amide bonds. The summed E-state index contributed by atoms with van der Waals surface area (Å²) in [5.74, 6) is 1.44. The highest BCUT2D eigenvalue weighted by Gasteiger charge is 2.37. The van der Waals surface area contributed by atoms with Crippen LogP contribution in [0.15, 0.2) is 30.3 Å². The molecule has 2 nitrogen and oxygen atoms in total. The van der Waals surface area contributed by atoms with Gasteiger partial charge in [0.25, 0.3) is 0 Å². The smallest absolute Gasteiger partial charge is 0.226 e. The molecule has 0 bridgehead atoms. The zero-order valence-electron chi connectivity index (χ0n) is 12.4. The van der Waals surface area contributed by atoms with Crippen molar-refractivity contribution in [3.63, 3.8) is 0 Å². The van der Waals surface area contributed by atoms with Gasteiger partial charge >= 0.3 is 0 Å². The van der Waals surface area contributed by atoms with E-state index in [4.69, 9.17) is 0 Å². The fourth-order valence-corrected chi connectivity index (χ4v) is 3.44. The van der Waals surface area contributed by atoms with Crippen LogP contribution >= 0.6 is 0 Å². The Bertz CT molecular complexity index is 446. The quantitative estimate of drug-likeness (QED) is 0.792. The number of carbonyl (C=O) groups is 1. The Kier molecular flexibility index (Phi) is 4.09. The minimum atomic E-state index is 0.292. The van der Waals surface area contributed by atoms with E-state index in [0.717, 1.165) is 25.3 Å².